The third-order valence-corrected chi connectivity index (χ3v) is 8.09. The molecule has 0 saturated heterocycles. The second-order valence-electron chi connectivity index (χ2n) is 10.3. The average Bonchev–Trinajstić information content (AvgIpc) is 2.78. The van der Waals surface area contributed by atoms with Crippen molar-refractivity contribution in [1.82, 2.24) is 0 Å². The van der Waals surface area contributed by atoms with Crippen molar-refractivity contribution >= 4 is 0 Å². The van der Waals surface area contributed by atoms with E-state index in [0.29, 0.717) is 5.92 Å². The summed E-state index contributed by atoms with van der Waals surface area (Å²) in [4.78, 5) is 0. The lowest BCUT2D eigenvalue weighted by Gasteiger charge is -2.42. The van der Waals surface area contributed by atoms with E-state index >= 15 is 0 Å². The van der Waals surface area contributed by atoms with E-state index in [9.17, 15) is 13.2 Å². The van der Waals surface area contributed by atoms with Crippen LogP contribution in [0.3, 0.4) is 0 Å². The number of hydrogen-bond donors (Lipinski definition) is 0. The van der Waals surface area contributed by atoms with Gasteiger partial charge in [-0.2, -0.15) is 0 Å². The molecule has 2 fully saturated rings. The summed E-state index contributed by atoms with van der Waals surface area (Å²) in [6.07, 6.45) is 15.4. The van der Waals surface area contributed by atoms with Crippen molar-refractivity contribution in [3.63, 3.8) is 0 Å². The molecule has 0 amide bonds. The predicted molar refractivity (Wildman–Crippen MR) is 126 cm³/mol. The van der Waals surface area contributed by atoms with Crippen LogP contribution in [0.25, 0.3) is 11.1 Å². The molecule has 0 spiro atoms. The summed E-state index contributed by atoms with van der Waals surface area (Å²) in [5.41, 5.74) is 0.904. The highest BCUT2D eigenvalue weighted by molar-refractivity contribution is 5.65. The Kier molecular flexibility index (Phi) is 7.97. The molecule has 2 aromatic rings. The number of fused-ring (bicyclic) bond motifs is 1. The van der Waals surface area contributed by atoms with E-state index in [-0.39, 0.29) is 17.0 Å². The van der Waals surface area contributed by atoms with Gasteiger partial charge < -0.3 is 0 Å². The van der Waals surface area contributed by atoms with Gasteiger partial charge in [0.25, 0.3) is 0 Å². The van der Waals surface area contributed by atoms with Gasteiger partial charge in [0.05, 0.1) is 5.56 Å². The van der Waals surface area contributed by atoms with Crippen LogP contribution in [0.5, 0.6) is 0 Å². The molecular formula is C29H37F3. The minimum Gasteiger partial charge on any atom is -0.207 e. The van der Waals surface area contributed by atoms with Crippen molar-refractivity contribution in [2.24, 2.45) is 17.8 Å². The second-order valence-corrected chi connectivity index (χ2v) is 10.3. The Balaban J connectivity index is 1.36. The van der Waals surface area contributed by atoms with Crippen molar-refractivity contribution in [2.45, 2.75) is 89.9 Å². The van der Waals surface area contributed by atoms with Crippen LogP contribution in [-0.4, -0.2) is 0 Å². The number of hydrogen-bond acceptors (Lipinski definition) is 0. The molecule has 0 nitrogen and oxygen atoms in total. The van der Waals surface area contributed by atoms with Crippen molar-refractivity contribution in [3.8, 4) is 11.1 Å². The van der Waals surface area contributed by atoms with E-state index < -0.39 is 17.5 Å². The Morgan fingerprint density at radius 3 is 2.25 bits per heavy atom. The van der Waals surface area contributed by atoms with Gasteiger partial charge in [0.15, 0.2) is 0 Å². The van der Waals surface area contributed by atoms with Gasteiger partial charge in [-0.3, -0.25) is 0 Å². The fourth-order valence-corrected chi connectivity index (χ4v) is 6.34. The van der Waals surface area contributed by atoms with Gasteiger partial charge in [-0.05, 0) is 91.2 Å². The highest BCUT2D eigenvalue weighted by atomic mass is 19.1. The molecule has 32 heavy (non-hydrogen) atoms. The minimum absolute atomic E-state index is 0.124. The Bertz CT molecular complexity index is 867. The molecule has 2 aliphatic rings. The maximum Gasteiger partial charge on any atom is 0.134 e. The molecule has 0 bridgehead atoms. The molecule has 2 aromatic carbocycles. The van der Waals surface area contributed by atoms with E-state index in [1.165, 1.54) is 94.5 Å². The largest absolute Gasteiger partial charge is 0.207 e. The number of unbranched alkanes of at least 4 members (excludes halogenated alkanes) is 4. The van der Waals surface area contributed by atoms with Gasteiger partial charge in [-0.25, -0.2) is 13.2 Å². The number of halogens is 3. The summed E-state index contributed by atoms with van der Waals surface area (Å²) in [5.74, 6) is 0.947. The zero-order valence-electron chi connectivity index (χ0n) is 19.4. The second kappa shape index (κ2) is 10.9. The maximum atomic E-state index is 14.9. The molecule has 0 aromatic heterocycles. The minimum atomic E-state index is -0.584. The van der Waals surface area contributed by atoms with Crippen LogP contribution in [0, 0.1) is 35.2 Å². The van der Waals surface area contributed by atoms with Crippen molar-refractivity contribution in [2.75, 3.05) is 0 Å². The third kappa shape index (κ3) is 5.58. The first kappa shape index (κ1) is 23.4. The lowest BCUT2D eigenvalue weighted by Crippen LogP contribution is -2.30. The monoisotopic (exact) mass is 442 g/mol. The van der Waals surface area contributed by atoms with Crippen molar-refractivity contribution < 1.29 is 13.2 Å². The fraction of sp³-hybridized carbons (Fsp3) is 0.586. The summed E-state index contributed by atoms with van der Waals surface area (Å²) in [7, 11) is 0. The molecule has 174 valence electrons. The molecule has 0 aliphatic heterocycles. The summed E-state index contributed by atoms with van der Waals surface area (Å²) >= 11 is 0. The van der Waals surface area contributed by atoms with E-state index in [1.807, 2.05) is 0 Å². The van der Waals surface area contributed by atoms with E-state index in [2.05, 4.69) is 6.92 Å². The quantitative estimate of drug-likeness (QED) is 0.357. The first-order valence-electron chi connectivity index (χ1n) is 12.8. The van der Waals surface area contributed by atoms with Crippen LogP contribution in [0.1, 0.15) is 95.5 Å². The molecule has 2 aliphatic carbocycles. The standard InChI is InChI=1S/C29H37F3/c1-2-3-4-5-6-8-20-11-12-22-16-23(14-13-21(22)15-20)25-18-27(31)29(28(32)19-25)24-9-7-10-26(30)17-24/h7,9-10,17-23H,2-6,8,11-16H2,1H3/t20?,21-,22-,23-/m1/s1. The van der Waals surface area contributed by atoms with Crippen molar-refractivity contribution in [3.05, 3.63) is 59.4 Å². The predicted octanol–water partition coefficient (Wildman–Crippen LogP) is 9.43. The molecule has 0 radical (unpaired) electrons. The lowest BCUT2D eigenvalue weighted by molar-refractivity contribution is 0.113. The Morgan fingerprint density at radius 1 is 0.781 bits per heavy atom. The summed E-state index contributed by atoms with van der Waals surface area (Å²) in [6, 6.07) is 8.51. The highest BCUT2D eigenvalue weighted by Gasteiger charge is 2.36. The van der Waals surface area contributed by atoms with Crippen LogP contribution in [-0.2, 0) is 0 Å². The lowest BCUT2D eigenvalue weighted by atomic mass is 9.63. The van der Waals surface area contributed by atoms with Gasteiger partial charge >= 0.3 is 0 Å². The maximum absolute atomic E-state index is 14.9. The Morgan fingerprint density at radius 2 is 1.50 bits per heavy atom. The fourth-order valence-electron chi connectivity index (χ4n) is 6.34. The molecule has 3 heteroatoms. The van der Waals surface area contributed by atoms with Crippen LogP contribution < -0.4 is 0 Å². The average molecular weight is 443 g/mol. The molecule has 0 N–H and O–H groups in total. The molecule has 2 saturated carbocycles. The van der Waals surface area contributed by atoms with Crippen molar-refractivity contribution in [1.29, 1.82) is 0 Å². The Labute approximate surface area is 191 Å². The van der Waals surface area contributed by atoms with E-state index in [1.54, 1.807) is 6.07 Å². The third-order valence-electron chi connectivity index (χ3n) is 8.09. The smallest absolute Gasteiger partial charge is 0.134 e. The van der Waals surface area contributed by atoms with Crippen LogP contribution in [0.15, 0.2) is 36.4 Å². The topological polar surface area (TPSA) is 0 Å². The molecule has 4 rings (SSSR count). The van der Waals surface area contributed by atoms with Crippen LogP contribution >= 0.6 is 0 Å². The van der Waals surface area contributed by atoms with Crippen LogP contribution in [0.4, 0.5) is 13.2 Å². The first-order valence-corrected chi connectivity index (χ1v) is 12.8. The van der Waals surface area contributed by atoms with Gasteiger partial charge in [-0.15, -0.1) is 0 Å². The normalized spacial score (nSPS) is 25.5. The SMILES string of the molecule is CCCCCCCC1CC[C@@H]2C[C@H](c3cc(F)c(-c4cccc(F)c4)c(F)c3)CC[C@@H]2C1. The van der Waals surface area contributed by atoms with Gasteiger partial charge in [0.1, 0.15) is 17.5 Å². The number of rotatable bonds is 8. The zero-order valence-corrected chi connectivity index (χ0v) is 19.4. The molecular weight excluding hydrogens is 405 g/mol. The first-order chi connectivity index (χ1) is 15.5. The molecule has 0 heterocycles. The van der Waals surface area contributed by atoms with Gasteiger partial charge in [0, 0.05) is 0 Å². The summed E-state index contributed by atoms with van der Waals surface area (Å²) in [6.45, 7) is 2.26. The van der Waals surface area contributed by atoms with Crippen LogP contribution in [0.2, 0.25) is 0 Å². The Hall–Kier alpha value is -1.77. The molecule has 1 unspecified atom stereocenters. The zero-order chi connectivity index (χ0) is 22.5. The van der Waals surface area contributed by atoms with Gasteiger partial charge in [0.2, 0.25) is 0 Å². The summed E-state index contributed by atoms with van der Waals surface area (Å²) < 4.78 is 43.3. The van der Waals surface area contributed by atoms with E-state index in [0.717, 1.165) is 30.2 Å². The van der Waals surface area contributed by atoms with E-state index in [4.69, 9.17) is 0 Å². The molecule has 4 atom stereocenters. The highest BCUT2D eigenvalue weighted by Crippen LogP contribution is 2.49. The van der Waals surface area contributed by atoms with Gasteiger partial charge in [-0.1, -0.05) is 64.0 Å². The summed E-state index contributed by atoms with van der Waals surface area (Å²) in [5, 5.41) is 0. The number of benzene rings is 2.